The van der Waals surface area contributed by atoms with Crippen molar-refractivity contribution in [2.24, 2.45) is 0 Å². The molecule has 0 unspecified atom stereocenters. The Balaban J connectivity index is 3.03. The van der Waals surface area contributed by atoms with Gasteiger partial charge in [0.15, 0.2) is 0 Å². The zero-order valence-corrected chi connectivity index (χ0v) is 9.32. The maximum absolute atomic E-state index is 3.73. The molecule has 1 heteroatoms. The lowest BCUT2D eigenvalue weighted by molar-refractivity contribution is 0.860. The molecule has 0 saturated heterocycles. The Morgan fingerprint density at radius 2 is 2.08 bits per heavy atom. The molecule has 0 atom stereocenters. The molecule has 0 nitrogen and oxygen atoms in total. The standard InChI is InChI=1S/C12H16S/c1-5-13-12-8-11(9(2)3)7-6-10(12)4/h5-9H,1H2,2-4H3. The third-order valence-corrected chi connectivity index (χ3v) is 2.95. The van der Waals surface area contributed by atoms with E-state index >= 15 is 0 Å². The lowest BCUT2D eigenvalue weighted by Gasteiger charge is -2.09. The van der Waals surface area contributed by atoms with Gasteiger partial charge in [-0.05, 0) is 35.4 Å². The first-order valence-electron chi connectivity index (χ1n) is 4.53. The van der Waals surface area contributed by atoms with E-state index in [2.05, 4.69) is 45.5 Å². The van der Waals surface area contributed by atoms with Crippen LogP contribution in [0.25, 0.3) is 0 Å². The first kappa shape index (κ1) is 10.4. The van der Waals surface area contributed by atoms with Crippen molar-refractivity contribution in [3.63, 3.8) is 0 Å². The molecule has 13 heavy (non-hydrogen) atoms. The summed E-state index contributed by atoms with van der Waals surface area (Å²) in [4.78, 5) is 1.32. The number of aryl methyl sites for hydroxylation is 1. The van der Waals surface area contributed by atoms with Gasteiger partial charge in [0.1, 0.15) is 0 Å². The fourth-order valence-electron chi connectivity index (χ4n) is 1.19. The number of hydrogen-bond acceptors (Lipinski definition) is 1. The molecule has 0 aromatic heterocycles. The van der Waals surface area contributed by atoms with E-state index in [0.717, 1.165) is 0 Å². The number of benzene rings is 1. The van der Waals surface area contributed by atoms with Crippen LogP contribution < -0.4 is 0 Å². The Bertz CT molecular complexity index is 300. The zero-order chi connectivity index (χ0) is 9.84. The van der Waals surface area contributed by atoms with Crippen molar-refractivity contribution in [3.8, 4) is 0 Å². The van der Waals surface area contributed by atoms with Crippen molar-refractivity contribution in [2.75, 3.05) is 0 Å². The third-order valence-electron chi connectivity index (χ3n) is 2.09. The van der Waals surface area contributed by atoms with Gasteiger partial charge in [-0.15, -0.1) is 0 Å². The highest BCUT2D eigenvalue weighted by molar-refractivity contribution is 8.02. The molecule has 0 aliphatic rings. The van der Waals surface area contributed by atoms with Gasteiger partial charge in [-0.1, -0.05) is 44.3 Å². The lowest BCUT2D eigenvalue weighted by Crippen LogP contribution is -1.88. The number of thioether (sulfide) groups is 1. The van der Waals surface area contributed by atoms with Crippen molar-refractivity contribution in [3.05, 3.63) is 41.3 Å². The Kier molecular flexibility index (Phi) is 3.61. The summed E-state index contributed by atoms with van der Waals surface area (Å²) in [7, 11) is 0. The molecule has 1 aromatic rings. The molecule has 70 valence electrons. The fraction of sp³-hybridized carbons (Fsp3) is 0.333. The minimum Gasteiger partial charge on any atom is -0.0984 e. The second-order valence-corrected chi connectivity index (χ2v) is 4.47. The van der Waals surface area contributed by atoms with Crippen LogP contribution in [0.3, 0.4) is 0 Å². The highest BCUT2D eigenvalue weighted by Gasteiger charge is 2.02. The molecule has 1 rings (SSSR count). The highest BCUT2D eigenvalue weighted by Crippen LogP contribution is 2.26. The lowest BCUT2D eigenvalue weighted by atomic mass is 10.0. The molecule has 0 saturated carbocycles. The predicted octanol–water partition coefficient (Wildman–Crippen LogP) is 4.35. The average Bonchev–Trinajstić information content (AvgIpc) is 2.08. The van der Waals surface area contributed by atoms with Crippen LogP contribution in [0.4, 0.5) is 0 Å². The van der Waals surface area contributed by atoms with Crippen molar-refractivity contribution >= 4 is 11.8 Å². The van der Waals surface area contributed by atoms with Crippen LogP contribution in [0.2, 0.25) is 0 Å². The highest BCUT2D eigenvalue weighted by atomic mass is 32.2. The number of hydrogen-bond donors (Lipinski definition) is 0. The van der Waals surface area contributed by atoms with E-state index in [1.54, 1.807) is 11.8 Å². The summed E-state index contributed by atoms with van der Waals surface area (Å²) in [6.07, 6.45) is 0. The van der Waals surface area contributed by atoms with E-state index in [-0.39, 0.29) is 0 Å². The van der Waals surface area contributed by atoms with Gasteiger partial charge < -0.3 is 0 Å². The summed E-state index contributed by atoms with van der Waals surface area (Å²) in [5.74, 6) is 0.602. The molecular weight excluding hydrogens is 176 g/mol. The van der Waals surface area contributed by atoms with Gasteiger partial charge in [0, 0.05) is 4.90 Å². The Morgan fingerprint density at radius 3 is 2.62 bits per heavy atom. The third kappa shape index (κ3) is 2.63. The van der Waals surface area contributed by atoms with Crippen molar-refractivity contribution in [1.29, 1.82) is 0 Å². The van der Waals surface area contributed by atoms with Crippen LogP contribution in [-0.4, -0.2) is 0 Å². The molecule has 0 heterocycles. The molecule has 0 amide bonds. The Hall–Kier alpha value is -0.690. The zero-order valence-electron chi connectivity index (χ0n) is 8.50. The van der Waals surface area contributed by atoms with Crippen LogP contribution >= 0.6 is 11.8 Å². The van der Waals surface area contributed by atoms with Gasteiger partial charge in [-0.3, -0.25) is 0 Å². The van der Waals surface area contributed by atoms with Crippen LogP contribution in [-0.2, 0) is 0 Å². The van der Waals surface area contributed by atoms with E-state index in [9.17, 15) is 0 Å². The van der Waals surface area contributed by atoms with Crippen LogP contribution in [0.15, 0.2) is 35.1 Å². The summed E-state index contributed by atoms with van der Waals surface area (Å²) >= 11 is 1.70. The monoisotopic (exact) mass is 192 g/mol. The van der Waals surface area contributed by atoms with Gasteiger partial charge in [0.25, 0.3) is 0 Å². The molecular formula is C12H16S. The van der Waals surface area contributed by atoms with Crippen LogP contribution in [0.5, 0.6) is 0 Å². The summed E-state index contributed by atoms with van der Waals surface area (Å²) in [5.41, 5.74) is 2.73. The van der Waals surface area contributed by atoms with Crippen molar-refractivity contribution < 1.29 is 0 Å². The van der Waals surface area contributed by atoms with Crippen LogP contribution in [0.1, 0.15) is 30.9 Å². The molecule has 0 bridgehead atoms. The molecule has 0 fully saturated rings. The largest absolute Gasteiger partial charge is 0.0984 e. The quantitative estimate of drug-likeness (QED) is 0.641. The second-order valence-electron chi connectivity index (χ2n) is 3.46. The van der Waals surface area contributed by atoms with Gasteiger partial charge >= 0.3 is 0 Å². The summed E-state index contributed by atoms with van der Waals surface area (Å²) in [5, 5.41) is 1.88. The van der Waals surface area contributed by atoms with Gasteiger partial charge in [-0.25, -0.2) is 0 Å². The fourth-order valence-corrected chi connectivity index (χ4v) is 1.83. The van der Waals surface area contributed by atoms with E-state index in [1.807, 2.05) is 5.41 Å². The van der Waals surface area contributed by atoms with E-state index in [1.165, 1.54) is 16.0 Å². The average molecular weight is 192 g/mol. The first-order valence-corrected chi connectivity index (χ1v) is 5.41. The molecule has 0 aliphatic heterocycles. The maximum Gasteiger partial charge on any atom is 0.0148 e. The Morgan fingerprint density at radius 1 is 1.38 bits per heavy atom. The predicted molar refractivity (Wildman–Crippen MR) is 61.3 cm³/mol. The number of rotatable bonds is 3. The van der Waals surface area contributed by atoms with E-state index in [4.69, 9.17) is 0 Å². The summed E-state index contributed by atoms with van der Waals surface area (Å²) < 4.78 is 0. The van der Waals surface area contributed by atoms with Crippen molar-refractivity contribution in [1.82, 2.24) is 0 Å². The van der Waals surface area contributed by atoms with Gasteiger partial charge in [0.2, 0.25) is 0 Å². The normalized spacial score (nSPS) is 10.5. The van der Waals surface area contributed by atoms with E-state index < -0.39 is 0 Å². The van der Waals surface area contributed by atoms with Crippen LogP contribution in [0, 0.1) is 6.92 Å². The summed E-state index contributed by atoms with van der Waals surface area (Å²) in [6, 6.07) is 6.64. The van der Waals surface area contributed by atoms with Gasteiger partial charge in [-0.2, -0.15) is 0 Å². The van der Waals surface area contributed by atoms with Gasteiger partial charge in [0.05, 0.1) is 0 Å². The minimum atomic E-state index is 0.602. The second kappa shape index (κ2) is 4.52. The molecule has 1 aromatic carbocycles. The first-order chi connectivity index (χ1) is 6.15. The molecule has 0 radical (unpaired) electrons. The smallest absolute Gasteiger partial charge is 0.0148 e. The topological polar surface area (TPSA) is 0 Å². The van der Waals surface area contributed by atoms with Crippen molar-refractivity contribution in [2.45, 2.75) is 31.6 Å². The SMILES string of the molecule is C=CSc1cc(C(C)C)ccc1C. The molecule has 0 aliphatic carbocycles. The maximum atomic E-state index is 3.73. The molecule has 0 N–H and O–H groups in total. The minimum absolute atomic E-state index is 0.602. The van der Waals surface area contributed by atoms with E-state index in [0.29, 0.717) is 5.92 Å². The summed E-state index contributed by atoms with van der Waals surface area (Å²) in [6.45, 7) is 10.3. The Labute approximate surface area is 85.1 Å². The molecule has 0 spiro atoms.